The van der Waals surface area contributed by atoms with Crippen molar-refractivity contribution in [3.05, 3.63) is 96.1 Å². The van der Waals surface area contributed by atoms with Crippen LogP contribution >= 0.6 is 46.0 Å². The first-order valence-electron chi connectivity index (χ1n) is 11.8. The topological polar surface area (TPSA) is 88.5 Å². The molecule has 3 amide bonds. The maximum Gasteiger partial charge on any atom is 0.308 e. The number of carbonyl (C=O) groups excluding carboxylic acids is 3. The van der Waals surface area contributed by atoms with Crippen LogP contribution in [-0.2, 0) is 20.9 Å². The number of hydrogen-bond acceptors (Lipinski definition) is 7. The van der Waals surface area contributed by atoms with E-state index in [1.807, 2.05) is 42.6 Å². The van der Waals surface area contributed by atoms with Gasteiger partial charge in [0.2, 0.25) is 17.7 Å². The number of nitrogens with zero attached hydrogens (tertiary/aromatic N) is 2. The first-order chi connectivity index (χ1) is 18.3. The minimum atomic E-state index is -0.724. The lowest BCUT2D eigenvalue weighted by Crippen LogP contribution is -2.32. The summed E-state index contributed by atoms with van der Waals surface area (Å²) in [7, 11) is 0. The number of fused-ring (bicyclic) bond motifs is 2. The molecule has 0 saturated carbocycles. The third-order valence-electron chi connectivity index (χ3n) is 6.59. The monoisotopic (exact) mass is 581 g/mol. The number of nitrogens with one attached hydrogen (secondary N) is 1. The van der Waals surface area contributed by atoms with Crippen LogP contribution in [0.3, 0.4) is 0 Å². The Labute approximate surface area is 235 Å². The molecule has 11 heteroatoms. The summed E-state index contributed by atoms with van der Waals surface area (Å²) in [5.41, 5.74) is 2.11. The Morgan fingerprint density at radius 1 is 1.03 bits per heavy atom. The van der Waals surface area contributed by atoms with Crippen molar-refractivity contribution in [3.8, 4) is 0 Å². The Balaban J connectivity index is 1.38. The van der Waals surface area contributed by atoms with Gasteiger partial charge in [-0.3, -0.25) is 23.7 Å². The van der Waals surface area contributed by atoms with Gasteiger partial charge in [-0.1, -0.05) is 52.9 Å². The molecule has 7 nitrogen and oxygen atoms in total. The van der Waals surface area contributed by atoms with Crippen LogP contribution in [0.25, 0.3) is 0 Å². The predicted octanol–water partition coefficient (Wildman–Crippen LogP) is 5.37. The van der Waals surface area contributed by atoms with E-state index in [1.54, 1.807) is 30.3 Å². The van der Waals surface area contributed by atoms with Crippen molar-refractivity contribution >= 4 is 75.1 Å². The molecule has 38 heavy (non-hydrogen) atoms. The fraction of sp³-hybridized carbons (Fsp3) is 0.185. The van der Waals surface area contributed by atoms with E-state index < -0.39 is 17.1 Å². The van der Waals surface area contributed by atoms with Crippen molar-refractivity contribution < 1.29 is 14.4 Å². The Morgan fingerprint density at radius 2 is 1.82 bits per heavy atom. The summed E-state index contributed by atoms with van der Waals surface area (Å²) in [4.78, 5) is 56.1. The first kappa shape index (κ1) is 25.1. The van der Waals surface area contributed by atoms with Gasteiger partial charge in [-0.05, 0) is 60.3 Å². The molecule has 0 spiro atoms. The largest absolute Gasteiger partial charge is 0.325 e. The highest BCUT2D eigenvalue weighted by molar-refractivity contribution is 8.00. The number of halogens is 1. The maximum absolute atomic E-state index is 13.8. The van der Waals surface area contributed by atoms with Crippen LogP contribution in [0.15, 0.2) is 75.9 Å². The molecule has 3 atom stereocenters. The second-order valence-electron chi connectivity index (χ2n) is 9.09. The van der Waals surface area contributed by atoms with Crippen molar-refractivity contribution in [2.24, 2.45) is 5.92 Å². The van der Waals surface area contributed by atoms with Gasteiger partial charge in [0.1, 0.15) is 11.8 Å². The molecule has 2 aromatic carbocycles. The van der Waals surface area contributed by atoms with E-state index in [-0.39, 0.29) is 29.1 Å². The van der Waals surface area contributed by atoms with E-state index in [1.165, 1.54) is 32.6 Å². The number of imide groups is 1. The fourth-order valence-electron chi connectivity index (χ4n) is 4.94. The van der Waals surface area contributed by atoms with Crippen molar-refractivity contribution in [2.75, 3.05) is 10.2 Å². The highest BCUT2D eigenvalue weighted by Gasteiger charge is 2.57. The van der Waals surface area contributed by atoms with Gasteiger partial charge in [0.25, 0.3) is 0 Å². The normalized spacial score (nSPS) is 20.4. The SMILES string of the molecule is Cc1cccc(NC(=O)Cn2c3c(sc2=O)C(c2cccs2)C2C(=O)N(c4ccc(Cl)cc4)C(=O)C2S3)c1. The maximum atomic E-state index is 13.8. The quantitative estimate of drug-likeness (QED) is 0.320. The van der Waals surface area contributed by atoms with Crippen molar-refractivity contribution in [1.29, 1.82) is 0 Å². The number of anilines is 2. The number of hydrogen-bond donors (Lipinski definition) is 1. The number of amides is 3. The zero-order valence-electron chi connectivity index (χ0n) is 19.9. The van der Waals surface area contributed by atoms with Crippen molar-refractivity contribution in [3.63, 3.8) is 0 Å². The number of rotatable bonds is 5. The molecule has 0 radical (unpaired) electrons. The summed E-state index contributed by atoms with van der Waals surface area (Å²) in [6.45, 7) is 1.74. The molecule has 2 aromatic heterocycles. The Morgan fingerprint density at radius 3 is 2.53 bits per heavy atom. The minimum Gasteiger partial charge on any atom is -0.325 e. The van der Waals surface area contributed by atoms with Crippen LogP contribution < -0.4 is 15.1 Å². The highest BCUT2D eigenvalue weighted by Crippen LogP contribution is 2.54. The second kappa shape index (κ2) is 9.85. The lowest BCUT2D eigenvalue weighted by Gasteiger charge is -2.29. The van der Waals surface area contributed by atoms with Crippen LogP contribution in [0, 0.1) is 12.8 Å². The van der Waals surface area contributed by atoms with Crippen LogP contribution in [0.4, 0.5) is 11.4 Å². The van der Waals surface area contributed by atoms with Gasteiger partial charge in [-0.25, -0.2) is 4.90 Å². The lowest BCUT2D eigenvalue weighted by atomic mass is 9.87. The number of thiazole rings is 1. The smallest absolute Gasteiger partial charge is 0.308 e. The molecule has 1 N–H and O–H groups in total. The summed E-state index contributed by atoms with van der Waals surface area (Å²) in [5.74, 6) is -2.10. The standard InChI is InChI=1S/C27H20ClN3O4S3/c1-14-4-2-5-16(12-14)29-19(32)13-30-26-23(38-27(30)35)20(18-6-3-11-36-18)21-22(37-26)25(34)31(24(21)33)17-9-7-15(28)8-10-17/h2-12,20-22H,13H2,1H3,(H,29,32). The molecular formula is C27H20ClN3O4S3. The van der Waals surface area contributed by atoms with Crippen molar-refractivity contribution in [1.82, 2.24) is 4.57 Å². The van der Waals surface area contributed by atoms with Gasteiger partial charge in [0, 0.05) is 26.4 Å². The lowest BCUT2D eigenvalue weighted by molar-refractivity contribution is -0.122. The second-order valence-corrected chi connectivity index (χ2v) is 12.6. The van der Waals surface area contributed by atoms with Crippen LogP contribution in [-0.4, -0.2) is 27.5 Å². The average molecular weight is 582 g/mol. The first-order valence-corrected chi connectivity index (χ1v) is 14.7. The van der Waals surface area contributed by atoms with Gasteiger partial charge in [-0.2, -0.15) is 0 Å². The molecular weight excluding hydrogens is 562 g/mol. The van der Waals surface area contributed by atoms with Crippen molar-refractivity contribution in [2.45, 2.75) is 29.7 Å². The van der Waals surface area contributed by atoms with E-state index in [0.29, 0.717) is 26.3 Å². The number of aromatic nitrogens is 1. The number of thiophene rings is 1. The molecule has 2 aliphatic heterocycles. The van der Waals surface area contributed by atoms with Gasteiger partial charge >= 0.3 is 4.87 Å². The average Bonchev–Trinajstić information content (AvgIpc) is 3.58. The third-order valence-corrected chi connectivity index (χ3v) is 10.4. The van der Waals surface area contributed by atoms with Crippen LogP contribution in [0.2, 0.25) is 5.02 Å². The third kappa shape index (κ3) is 4.31. The molecule has 2 aliphatic rings. The predicted molar refractivity (Wildman–Crippen MR) is 152 cm³/mol. The van der Waals surface area contributed by atoms with E-state index in [4.69, 9.17) is 11.6 Å². The zero-order valence-corrected chi connectivity index (χ0v) is 23.1. The zero-order chi connectivity index (χ0) is 26.6. The number of carbonyl (C=O) groups is 3. The summed E-state index contributed by atoms with van der Waals surface area (Å²) in [6, 6.07) is 17.8. The number of benzene rings is 2. The van der Waals surface area contributed by atoms with E-state index in [0.717, 1.165) is 21.8 Å². The molecule has 4 heterocycles. The molecule has 4 aromatic rings. The van der Waals surface area contributed by atoms with Gasteiger partial charge in [0.05, 0.1) is 16.6 Å². The fourth-order valence-corrected chi connectivity index (χ4v) is 8.79. The number of aryl methyl sites for hydroxylation is 1. The molecule has 1 saturated heterocycles. The number of thioether (sulfide) groups is 1. The highest BCUT2D eigenvalue weighted by atomic mass is 35.5. The molecule has 0 aliphatic carbocycles. The van der Waals surface area contributed by atoms with E-state index in [2.05, 4.69) is 5.32 Å². The molecule has 1 fully saturated rings. The summed E-state index contributed by atoms with van der Waals surface area (Å²) in [5, 5.41) is 5.11. The van der Waals surface area contributed by atoms with E-state index >= 15 is 0 Å². The van der Waals surface area contributed by atoms with Gasteiger partial charge in [-0.15, -0.1) is 11.3 Å². The summed E-state index contributed by atoms with van der Waals surface area (Å²) >= 11 is 9.75. The molecule has 0 bridgehead atoms. The Bertz CT molecular complexity index is 1630. The van der Waals surface area contributed by atoms with E-state index in [9.17, 15) is 19.2 Å². The summed E-state index contributed by atoms with van der Waals surface area (Å²) in [6.07, 6.45) is 0. The Hall–Kier alpha value is -3.18. The Kier molecular flexibility index (Phi) is 6.51. The van der Waals surface area contributed by atoms with Gasteiger partial charge < -0.3 is 5.32 Å². The minimum absolute atomic E-state index is 0.191. The van der Waals surface area contributed by atoms with Crippen LogP contribution in [0.1, 0.15) is 21.2 Å². The van der Waals surface area contributed by atoms with Gasteiger partial charge in [0.15, 0.2) is 0 Å². The summed E-state index contributed by atoms with van der Waals surface area (Å²) < 4.78 is 1.43. The molecule has 6 rings (SSSR count). The van der Waals surface area contributed by atoms with Crippen LogP contribution in [0.5, 0.6) is 0 Å². The molecule has 192 valence electrons. The molecule has 3 unspecified atom stereocenters.